The summed E-state index contributed by atoms with van der Waals surface area (Å²) in [5.74, 6) is -0.382. The highest BCUT2D eigenvalue weighted by Crippen LogP contribution is 2.23. The lowest BCUT2D eigenvalue weighted by molar-refractivity contribution is -0.114. The fourth-order valence-electron chi connectivity index (χ4n) is 2.89. The van der Waals surface area contributed by atoms with Gasteiger partial charge in [-0.05, 0) is 43.7 Å². The van der Waals surface area contributed by atoms with Crippen molar-refractivity contribution in [3.8, 4) is 0 Å². The molecular formula is C21H27N3O4S. The van der Waals surface area contributed by atoms with Crippen molar-refractivity contribution in [2.24, 2.45) is 0 Å². The van der Waals surface area contributed by atoms with Gasteiger partial charge >= 0.3 is 0 Å². The molecule has 2 aromatic rings. The molecule has 0 radical (unpaired) electrons. The summed E-state index contributed by atoms with van der Waals surface area (Å²) in [4.78, 5) is 23.9. The van der Waals surface area contributed by atoms with Crippen molar-refractivity contribution >= 4 is 33.1 Å². The molecule has 156 valence electrons. The molecule has 2 N–H and O–H groups in total. The van der Waals surface area contributed by atoms with E-state index < -0.39 is 10.0 Å². The van der Waals surface area contributed by atoms with Gasteiger partial charge in [0.1, 0.15) is 0 Å². The standard InChI is InChI=1S/C21H27N3O4S/c1-5-24(6-2)29(27,28)20-13-19(11-10-15(20)3)23-21(26)14-22-18-9-7-8-17(12-18)16(4)25/h7-13,22H,5-6,14H2,1-4H3,(H,23,26). The second kappa shape index (κ2) is 9.67. The van der Waals surface area contributed by atoms with Crippen LogP contribution in [0.1, 0.15) is 36.7 Å². The lowest BCUT2D eigenvalue weighted by atomic mass is 10.1. The first kappa shape index (κ1) is 22.6. The number of carbonyl (C=O) groups excluding carboxylic acids is 2. The molecule has 0 saturated carbocycles. The average Bonchev–Trinajstić information content (AvgIpc) is 2.68. The van der Waals surface area contributed by atoms with Crippen LogP contribution in [0.15, 0.2) is 47.4 Å². The molecule has 0 aliphatic rings. The van der Waals surface area contributed by atoms with E-state index in [1.165, 1.54) is 17.3 Å². The number of sulfonamides is 1. The first-order valence-corrected chi connectivity index (χ1v) is 10.9. The SMILES string of the molecule is CCN(CC)S(=O)(=O)c1cc(NC(=O)CNc2cccc(C(C)=O)c2)ccc1C. The Balaban J connectivity index is 2.11. The van der Waals surface area contributed by atoms with Crippen LogP contribution in [0.5, 0.6) is 0 Å². The molecule has 0 aliphatic heterocycles. The van der Waals surface area contributed by atoms with Crippen molar-refractivity contribution in [2.75, 3.05) is 30.3 Å². The van der Waals surface area contributed by atoms with Crippen LogP contribution < -0.4 is 10.6 Å². The Hall–Kier alpha value is -2.71. The summed E-state index contributed by atoms with van der Waals surface area (Å²) >= 11 is 0. The normalized spacial score (nSPS) is 11.3. The van der Waals surface area contributed by atoms with Crippen LogP contribution in [0, 0.1) is 6.92 Å². The van der Waals surface area contributed by atoms with Gasteiger partial charge in [0.15, 0.2) is 5.78 Å². The van der Waals surface area contributed by atoms with E-state index in [0.717, 1.165) is 0 Å². The van der Waals surface area contributed by atoms with Gasteiger partial charge in [0.25, 0.3) is 0 Å². The molecule has 0 bridgehead atoms. The van der Waals surface area contributed by atoms with Crippen LogP contribution >= 0.6 is 0 Å². The van der Waals surface area contributed by atoms with Gasteiger partial charge in [-0.15, -0.1) is 0 Å². The van der Waals surface area contributed by atoms with Crippen LogP contribution in [0.3, 0.4) is 0 Å². The smallest absolute Gasteiger partial charge is 0.243 e. The van der Waals surface area contributed by atoms with E-state index in [2.05, 4.69) is 10.6 Å². The van der Waals surface area contributed by atoms with Crippen LogP contribution in [0.2, 0.25) is 0 Å². The molecule has 0 aliphatic carbocycles. The number of nitrogens with zero attached hydrogens (tertiary/aromatic N) is 1. The first-order chi connectivity index (χ1) is 13.7. The van der Waals surface area contributed by atoms with Crippen molar-refractivity contribution in [3.63, 3.8) is 0 Å². The minimum Gasteiger partial charge on any atom is -0.376 e. The first-order valence-electron chi connectivity index (χ1n) is 9.44. The lowest BCUT2D eigenvalue weighted by Crippen LogP contribution is -2.31. The predicted octanol–water partition coefficient (Wildman–Crippen LogP) is 3.28. The molecule has 0 heterocycles. The molecule has 2 aromatic carbocycles. The summed E-state index contributed by atoms with van der Waals surface area (Å²) in [6, 6.07) is 11.7. The third kappa shape index (κ3) is 5.65. The van der Waals surface area contributed by atoms with E-state index in [1.807, 2.05) is 0 Å². The predicted molar refractivity (Wildman–Crippen MR) is 115 cm³/mol. The Kier molecular flexibility index (Phi) is 7.53. The van der Waals surface area contributed by atoms with Crippen LogP contribution in [0.4, 0.5) is 11.4 Å². The third-order valence-corrected chi connectivity index (χ3v) is 6.71. The number of amides is 1. The zero-order chi connectivity index (χ0) is 21.6. The van der Waals surface area contributed by atoms with Crippen LogP contribution in [-0.4, -0.2) is 44.0 Å². The summed E-state index contributed by atoms with van der Waals surface area (Å²) in [6.45, 7) is 7.51. The van der Waals surface area contributed by atoms with Crippen molar-refractivity contribution < 1.29 is 18.0 Å². The molecule has 29 heavy (non-hydrogen) atoms. The van der Waals surface area contributed by atoms with E-state index in [1.54, 1.807) is 57.2 Å². The molecule has 0 saturated heterocycles. The van der Waals surface area contributed by atoms with Gasteiger partial charge in [-0.3, -0.25) is 9.59 Å². The van der Waals surface area contributed by atoms with Crippen LogP contribution in [0.25, 0.3) is 0 Å². The number of benzene rings is 2. The van der Waals surface area contributed by atoms with Crippen molar-refractivity contribution in [3.05, 3.63) is 53.6 Å². The van der Waals surface area contributed by atoms with Gasteiger partial charge < -0.3 is 10.6 Å². The number of hydrogen-bond donors (Lipinski definition) is 2. The monoisotopic (exact) mass is 417 g/mol. The molecule has 0 fully saturated rings. The van der Waals surface area contributed by atoms with Crippen LogP contribution in [-0.2, 0) is 14.8 Å². The second-order valence-electron chi connectivity index (χ2n) is 6.61. The Morgan fingerprint density at radius 1 is 1.00 bits per heavy atom. The van der Waals surface area contributed by atoms with E-state index in [9.17, 15) is 18.0 Å². The Labute approximate surface area is 172 Å². The molecule has 7 nitrogen and oxygen atoms in total. The van der Waals surface area contributed by atoms with Gasteiger partial charge in [-0.25, -0.2) is 8.42 Å². The van der Waals surface area contributed by atoms with Crippen molar-refractivity contribution in [1.82, 2.24) is 4.31 Å². The Morgan fingerprint density at radius 2 is 1.69 bits per heavy atom. The maximum atomic E-state index is 12.8. The van der Waals surface area contributed by atoms with Crippen molar-refractivity contribution in [1.29, 1.82) is 0 Å². The number of nitrogens with one attached hydrogen (secondary N) is 2. The molecule has 0 atom stereocenters. The van der Waals surface area contributed by atoms with Crippen molar-refractivity contribution in [2.45, 2.75) is 32.6 Å². The third-order valence-electron chi connectivity index (χ3n) is 4.52. The summed E-state index contributed by atoms with van der Waals surface area (Å²) < 4.78 is 27.0. The highest BCUT2D eigenvalue weighted by atomic mass is 32.2. The van der Waals surface area contributed by atoms with E-state index in [4.69, 9.17) is 0 Å². The summed E-state index contributed by atoms with van der Waals surface area (Å²) in [5, 5.41) is 5.67. The highest BCUT2D eigenvalue weighted by Gasteiger charge is 2.24. The maximum absolute atomic E-state index is 12.8. The summed E-state index contributed by atoms with van der Waals surface area (Å²) in [6.07, 6.45) is 0. The minimum absolute atomic E-state index is 0.0205. The molecule has 0 aromatic heterocycles. The fourth-order valence-corrected chi connectivity index (χ4v) is 4.60. The Morgan fingerprint density at radius 3 is 2.31 bits per heavy atom. The Bertz CT molecular complexity index is 999. The molecule has 0 spiro atoms. The second-order valence-corrected chi connectivity index (χ2v) is 8.51. The number of rotatable bonds is 9. The van der Waals surface area contributed by atoms with E-state index in [0.29, 0.717) is 35.6 Å². The largest absolute Gasteiger partial charge is 0.376 e. The summed E-state index contributed by atoms with van der Waals surface area (Å²) in [5.41, 5.74) is 2.24. The van der Waals surface area contributed by atoms with Gasteiger partial charge in [0, 0.05) is 30.0 Å². The molecular weight excluding hydrogens is 390 g/mol. The lowest BCUT2D eigenvalue weighted by Gasteiger charge is -2.20. The fraction of sp³-hybridized carbons (Fsp3) is 0.333. The maximum Gasteiger partial charge on any atom is 0.243 e. The van der Waals surface area contributed by atoms with Gasteiger partial charge in [0.2, 0.25) is 15.9 Å². The topological polar surface area (TPSA) is 95.6 Å². The quantitative estimate of drug-likeness (QED) is 0.611. The highest BCUT2D eigenvalue weighted by molar-refractivity contribution is 7.89. The van der Waals surface area contributed by atoms with Gasteiger partial charge in [-0.2, -0.15) is 4.31 Å². The van der Waals surface area contributed by atoms with E-state index >= 15 is 0 Å². The summed E-state index contributed by atoms with van der Waals surface area (Å²) in [7, 11) is -3.62. The number of hydrogen-bond acceptors (Lipinski definition) is 5. The number of carbonyl (C=O) groups is 2. The van der Waals surface area contributed by atoms with Gasteiger partial charge in [-0.1, -0.05) is 32.0 Å². The minimum atomic E-state index is -3.62. The molecule has 1 amide bonds. The van der Waals surface area contributed by atoms with Gasteiger partial charge in [0.05, 0.1) is 11.4 Å². The van der Waals surface area contributed by atoms with E-state index in [-0.39, 0.29) is 23.1 Å². The zero-order valence-corrected chi connectivity index (χ0v) is 18.0. The number of anilines is 2. The molecule has 2 rings (SSSR count). The zero-order valence-electron chi connectivity index (χ0n) is 17.2. The number of ketones is 1. The number of aryl methyl sites for hydroxylation is 1. The molecule has 8 heteroatoms. The number of Topliss-reactive ketones (excluding diaryl/α,β-unsaturated/α-hetero) is 1. The molecule has 0 unspecified atom stereocenters. The average molecular weight is 418 g/mol.